The van der Waals surface area contributed by atoms with Crippen molar-refractivity contribution in [1.29, 1.82) is 0 Å². The summed E-state index contributed by atoms with van der Waals surface area (Å²) < 4.78 is 6.72. The molecule has 9 aromatic rings. The molecule has 0 radical (unpaired) electrons. The first-order valence-corrected chi connectivity index (χ1v) is 21.3. The van der Waals surface area contributed by atoms with Crippen LogP contribution in [0.5, 0.6) is 11.5 Å². The molecule has 1 aliphatic heterocycles. The van der Waals surface area contributed by atoms with E-state index in [-0.39, 0.29) is 0 Å². The van der Waals surface area contributed by atoms with Crippen molar-refractivity contribution in [3.05, 3.63) is 240 Å². The van der Waals surface area contributed by atoms with Crippen molar-refractivity contribution in [2.24, 2.45) is 0 Å². The van der Waals surface area contributed by atoms with E-state index in [1.807, 2.05) is 12.1 Å². The number of rotatable bonds is 6. The van der Waals surface area contributed by atoms with Gasteiger partial charge in [-0.05, 0) is 98.8 Å². The number of benzene rings is 8. The average Bonchev–Trinajstić information content (AvgIpc) is 3.65. The third-order valence-corrected chi connectivity index (χ3v) is 12.7. The molecular formula is C58H39N3O. The Kier molecular flexibility index (Phi) is 8.49. The van der Waals surface area contributed by atoms with E-state index in [4.69, 9.17) is 19.7 Å². The van der Waals surface area contributed by atoms with Gasteiger partial charge >= 0.3 is 0 Å². The second-order valence-corrected chi connectivity index (χ2v) is 16.2. The molecule has 0 amide bonds. The summed E-state index contributed by atoms with van der Waals surface area (Å²) in [5, 5.41) is 0. The largest absolute Gasteiger partial charge is 0.457 e. The zero-order valence-electron chi connectivity index (χ0n) is 33.9. The number of hydrogen-bond donors (Lipinski definition) is 0. The minimum absolute atomic E-state index is 0.440. The lowest BCUT2D eigenvalue weighted by atomic mass is 9.64. The standard InChI is InChI=1S/C58H39N3O/c1-3-15-38(16-4-1)42-19-13-21-45(35-42)56-59-55(60-57(61-56)46-22-14-20-43(36-46)39-17-5-2-6-18-39)41-31-29-40(30-32-41)44-33-34-54-52(37-44)58(51-27-11-12-28-53(51)62-54)49-25-9-7-23-47(49)48-24-8-10-26-50(48)58/h1-9,11-25,27-37H,10,26H2. The van der Waals surface area contributed by atoms with Gasteiger partial charge in [0.1, 0.15) is 11.5 Å². The van der Waals surface area contributed by atoms with Gasteiger partial charge in [0.25, 0.3) is 0 Å². The number of nitrogens with zero attached hydrogens (tertiary/aromatic N) is 3. The lowest BCUT2D eigenvalue weighted by molar-refractivity contribution is 0.432. The third kappa shape index (κ3) is 5.87. The average molecular weight is 794 g/mol. The molecule has 62 heavy (non-hydrogen) atoms. The highest BCUT2D eigenvalue weighted by Gasteiger charge is 2.52. The first-order valence-electron chi connectivity index (χ1n) is 21.3. The zero-order valence-corrected chi connectivity index (χ0v) is 33.9. The molecule has 292 valence electrons. The molecule has 3 aliphatic rings. The molecule has 0 saturated heterocycles. The van der Waals surface area contributed by atoms with Crippen molar-refractivity contribution in [3.63, 3.8) is 0 Å². The van der Waals surface area contributed by atoms with Gasteiger partial charge in [-0.1, -0.05) is 182 Å². The van der Waals surface area contributed by atoms with Gasteiger partial charge in [0.15, 0.2) is 17.5 Å². The maximum atomic E-state index is 6.72. The molecule has 2 heterocycles. The van der Waals surface area contributed by atoms with Gasteiger partial charge in [-0.25, -0.2) is 15.0 Å². The Labute approximate surface area is 361 Å². The minimum Gasteiger partial charge on any atom is -0.457 e. The Morgan fingerprint density at radius 2 is 0.855 bits per heavy atom. The Morgan fingerprint density at radius 1 is 0.371 bits per heavy atom. The van der Waals surface area contributed by atoms with Crippen LogP contribution in [-0.4, -0.2) is 15.0 Å². The van der Waals surface area contributed by atoms with Gasteiger partial charge in [-0.2, -0.15) is 0 Å². The number of aromatic nitrogens is 3. The molecule has 1 aromatic heterocycles. The van der Waals surface area contributed by atoms with Crippen molar-refractivity contribution < 1.29 is 4.74 Å². The summed E-state index contributed by atoms with van der Waals surface area (Å²) in [4.78, 5) is 15.4. The van der Waals surface area contributed by atoms with Gasteiger partial charge in [0.05, 0.1) is 5.41 Å². The van der Waals surface area contributed by atoms with Crippen LogP contribution in [0.15, 0.2) is 218 Å². The molecule has 0 saturated carbocycles. The smallest absolute Gasteiger partial charge is 0.164 e. The SMILES string of the molecule is C1=CC2=C(CC1)C1(c3ccccc3Oc3ccc(-c4ccc(-c5nc(-c6cccc(-c7ccccc7)c6)nc(-c6cccc(-c7ccccc7)c6)n5)cc4)cc31)c1ccccc12. The van der Waals surface area contributed by atoms with Crippen LogP contribution in [-0.2, 0) is 5.41 Å². The van der Waals surface area contributed by atoms with Crippen LogP contribution in [0.1, 0.15) is 35.1 Å². The molecule has 1 atom stereocenters. The molecule has 4 nitrogen and oxygen atoms in total. The van der Waals surface area contributed by atoms with E-state index in [0.717, 1.165) is 74.4 Å². The van der Waals surface area contributed by atoms with Crippen molar-refractivity contribution in [3.8, 4) is 79.0 Å². The number of hydrogen-bond acceptors (Lipinski definition) is 4. The maximum absolute atomic E-state index is 6.72. The number of allylic oxidation sites excluding steroid dienone is 4. The molecule has 8 aromatic carbocycles. The predicted octanol–water partition coefficient (Wildman–Crippen LogP) is 14.4. The van der Waals surface area contributed by atoms with E-state index in [0.29, 0.717) is 17.5 Å². The lowest BCUT2D eigenvalue weighted by Crippen LogP contribution is -2.33. The van der Waals surface area contributed by atoms with Gasteiger partial charge in [-0.3, -0.25) is 0 Å². The van der Waals surface area contributed by atoms with E-state index in [1.54, 1.807) is 0 Å². The third-order valence-electron chi connectivity index (χ3n) is 12.7. The van der Waals surface area contributed by atoms with Crippen molar-refractivity contribution in [1.82, 2.24) is 15.0 Å². The summed E-state index contributed by atoms with van der Waals surface area (Å²) in [5.41, 5.74) is 16.9. The van der Waals surface area contributed by atoms with Crippen LogP contribution in [0.25, 0.3) is 73.1 Å². The first kappa shape index (κ1) is 35.9. The molecule has 4 heteroatoms. The summed E-state index contributed by atoms with van der Waals surface area (Å²) in [7, 11) is 0. The highest BCUT2D eigenvalue weighted by molar-refractivity contribution is 5.93. The van der Waals surface area contributed by atoms with Crippen LogP contribution in [0.2, 0.25) is 0 Å². The molecule has 0 bridgehead atoms. The lowest BCUT2D eigenvalue weighted by Gasteiger charge is -2.41. The number of para-hydroxylation sites is 1. The molecular weight excluding hydrogens is 755 g/mol. The monoisotopic (exact) mass is 793 g/mol. The van der Waals surface area contributed by atoms with E-state index in [9.17, 15) is 0 Å². The number of fused-ring (bicyclic) bond motifs is 8. The summed E-state index contributed by atoms with van der Waals surface area (Å²) in [6.07, 6.45) is 6.67. The minimum atomic E-state index is -0.440. The van der Waals surface area contributed by atoms with Gasteiger partial charge in [-0.15, -0.1) is 0 Å². The van der Waals surface area contributed by atoms with E-state index < -0.39 is 5.41 Å². The molecule has 0 N–H and O–H groups in total. The fourth-order valence-corrected chi connectivity index (χ4v) is 9.86. The van der Waals surface area contributed by atoms with Crippen LogP contribution >= 0.6 is 0 Å². The summed E-state index contributed by atoms with van der Waals surface area (Å²) in [5.74, 6) is 3.69. The Bertz CT molecular complexity index is 3160. The van der Waals surface area contributed by atoms with E-state index >= 15 is 0 Å². The van der Waals surface area contributed by atoms with Gasteiger partial charge in [0.2, 0.25) is 0 Å². The molecule has 0 fully saturated rings. The zero-order chi connectivity index (χ0) is 41.0. The van der Waals surface area contributed by atoms with Gasteiger partial charge < -0.3 is 4.74 Å². The van der Waals surface area contributed by atoms with Crippen molar-refractivity contribution >= 4 is 5.57 Å². The predicted molar refractivity (Wildman–Crippen MR) is 251 cm³/mol. The highest BCUT2D eigenvalue weighted by atomic mass is 16.5. The van der Waals surface area contributed by atoms with Crippen LogP contribution < -0.4 is 4.74 Å². The summed E-state index contributed by atoms with van der Waals surface area (Å²) in [6.45, 7) is 0. The molecule has 1 unspecified atom stereocenters. The Morgan fingerprint density at radius 3 is 1.53 bits per heavy atom. The fraction of sp³-hybridized carbons (Fsp3) is 0.0517. The first-order chi connectivity index (χ1) is 30.7. The highest BCUT2D eigenvalue weighted by Crippen LogP contribution is 2.63. The normalized spacial score (nSPS) is 15.7. The van der Waals surface area contributed by atoms with Crippen molar-refractivity contribution in [2.75, 3.05) is 0 Å². The van der Waals surface area contributed by atoms with Crippen LogP contribution in [0.3, 0.4) is 0 Å². The fourth-order valence-electron chi connectivity index (χ4n) is 9.86. The summed E-state index contributed by atoms with van der Waals surface area (Å²) in [6, 6.07) is 70.7. The summed E-state index contributed by atoms with van der Waals surface area (Å²) >= 11 is 0. The van der Waals surface area contributed by atoms with E-state index in [1.165, 1.54) is 33.4 Å². The quantitative estimate of drug-likeness (QED) is 0.168. The maximum Gasteiger partial charge on any atom is 0.164 e. The molecule has 1 spiro atoms. The van der Waals surface area contributed by atoms with Gasteiger partial charge in [0, 0.05) is 27.8 Å². The Hall–Kier alpha value is -7.95. The second kappa shape index (κ2) is 14.6. The topological polar surface area (TPSA) is 47.9 Å². The van der Waals surface area contributed by atoms with Crippen LogP contribution in [0, 0.1) is 0 Å². The van der Waals surface area contributed by atoms with E-state index in [2.05, 4.69) is 200 Å². The molecule has 2 aliphatic carbocycles. The Balaban J connectivity index is 0.969. The second-order valence-electron chi connectivity index (χ2n) is 16.2. The van der Waals surface area contributed by atoms with Crippen molar-refractivity contribution in [2.45, 2.75) is 18.3 Å². The van der Waals surface area contributed by atoms with Crippen LogP contribution in [0.4, 0.5) is 0 Å². The molecule has 12 rings (SSSR count). The number of ether oxygens (including phenoxy) is 1.